The maximum atomic E-state index is 12.0. The highest BCUT2D eigenvalue weighted by molar-refractivity contribution is 6.32. The average Bonchev–Trinajstić information content (AvgIpc) is 3.45. The highest BCUT2D eigenvalue weighted by atomic mass is 35.5. The third-order valence-electron chi connectivity index (χ3n) is 5.86. The van der Waals surface area contributed by atoms with Crippen molar-refractivity contribution in [3.8, 4) is 11.3 Å². The first-order chi connectivity index (χ1) is 15.6. The Kier molecular flexibility index (Phi) is 5.77. The molecule has 1 aliphatic carbocycles. The van der Waals surface area contributed by atoms with Crippen molar-refractivity contribution in [3.05, 3.63) is 47.9 Å². The molecule has 166 valence electrons. The molecule has 5 rings (SSSR count). The van der Waals surface area contributed by atoms with Crippen molar-refractivity contribution in [2.45, 2.75) is 31.3 Å². The highest BCUT2D eigenvalue weighted by Gasteiger charge is 2.24. The summed E-state index contributed by atoms with van der Waals surface area (Å²) in [5, 5.41) is 8.16. The Hall–Kier alpha value is -3.01. The molecule has 3 aromatic rings. The minimum Gasteiger partial charge on any atom is -0.370 e. The van der Waals surface area contributed by atoms with E-state index in [1.165, 1.54) is 0 Å². The van der Waals surface area contributed by atoms with Gasteiger partial charge in [-0.15, -0.1) is 0 Å². The number of halogens is 1. The summed E-state index contributed by atoms with van der Waals surface area (Å²) in [5.74, 6) is 0.387. The number of anilines is 3. The lowest BCUT2D eigenvalue weighted by molar-refractivity contribution is -0.125. The molecule has 3 N–H and O–H groups in total. The number of benzene rings is 1. The van der Waals surface area contributed by atoms with Crippen LogP contribution in [0.25, 0.3) is 11.3 Å². The van der Waals surface area contributed by atoms with Gasteiger partial charge in [-0.05, 0) is 43.5 Å². The summed E-state index contributed by atoms with van der Waals surface area (Å²) in [6.07, 6.45) is 8.29. The zero-order valence-corrected chi connectivity index (χ0v) is 18.2. The fraction of sp³-hybridized carbons (Fsp3) is 0.364. The Balaban J connectivity index is 1.32. The van der Waals surface area contributed by atoms with Crippen LogP contribution in [0.5, 0.6) is 0 Å². The Morgan fingerprint density at radius 3 is 2.78 bits per heavy atom. The average molecular weight is 454 g/mol. The monoisotopic (exact) mass is 453 g/mol. The number of nitrogens with two attached hydrogens (primary N) is 1. The van der Waals surface area contributed by atoms with Crippen LogP contribution in [0.2, 0.25) is 5.02 Å². The van der Waals surface area contributed by atoms with E-state index in [4.69, 9.17) is 22.1 Å². The molecule has 0 spiro atoms. The van der Waals surface area contributed by atoms with E-state index in [0.29, 0.717) is 35.9 Å². The predicted molar refractivity (Wildman–Crippen MR) is 122 cm³/mol. The molecule has 32 heavy (non-hydrogen) atoms. The molecule has 0 unspecified atom stereocenters. The van der Waals surface area contributed by atoms with Gasteiger partial charge in [-0.3, -0.25) is 9.48 Å². The third-order valence-corrected chi connectivity index (χ3v) is 6.14. The van der Waals surface area contributed by atoms with Gasteiger partial charge >= 0.3 is 0 Å². The number of ether oxygens (including phenoxy) is 1. The second-order valence-corrected chi connectivity index (χ2v) is 8.50. The Morgan fingerprint density at radius 2 is 2.03 bits per heavy atom. The summed E-state index contributed by atoms with van der Waals surface area (Å²) >= 11 is 6.39. The van der Waals surface area contributed by atoms with E-state index < -0.39 is 0 Å². The number of amides is 1. The van der Waals surface area contributed by atoms with Crippen LogP contribution in [0.1, 0.15) is 25.3 Å². The van der Waals surface area contributed by atoms with Crippen LogP contribution < -0.4 is 16.0 Å². The van der Waals surface area contributed by atoms with Crippen molar-refractivity contribution in [2.24, 2.45) is 5.73 Å². The smallest absolute Gasteiger partial charge is 0.253 e. The van der Waals surface area contributed by atoms with E-state index in [1.54, 1.807) is 17.3 Å². The minimum absolute atomic E-state index is 0.0391. The molecule has 10 heteroatoms. The van der Waals surface area contributed by atoms with Gasteiger partial charge in [0.1, 0.15) is 6.61 Å². The van der Waals surface area contributed by atoms with E-state index in [1.807, 2.05) is 35.1 Å². The summed E-state index contributed by atoms with van der Waals surface area (Å²) in [5.41, 5.74) is 9.13. The number of aromatic nitrogens is 4. The fourth-order valence-electron chi connectivity index (χ4n) is 4.17. The van der Waals surface area contributed by atoms with Gasteiger partial charge in [-0.1, -0.05) is 11.6 Å². The molecule has 0 radical (unpaired) electrons. The number of carbonyl (C=O) groups is 1. The predicted octanol–water partition coefficient (Wildman–Crippen LogP) is 3.15. The van der Waals surface area contributed by atoms with E-state index in [9.17, 15) is 4.79 Å². The molecule has 2 aliphatic rings. The van der Waals surface area contributed by atoms with Crippen LogP contribution in [-0.4, -0.2) is 51.5 Å². The summed E-state index contributed by atoms with van der Waals surface area (Å²) in [6.45, 7) is 1.21. The molecule has 2 aromatic heterocycles. The number of nitrogens with zero attached hydrogens (tertiary/aromatic N) is 5. The Morgan fingerprint density at radius 1 is 1.19 bits per heavy atom. The second kappa shape index (κ2) is 8.85. The number of hydrogen-bond donors (Lipinski definition) is 2. The molecule has 1 saturated carbocycles. The molecule has 1 aliphatic heterocycles. The summed E-state index contributed by atoms with van der Waals surface area (Å²) in [6, 6.07) is 8.10. The zero-order valence-electron chi connectivity index (χ0n) is 17.4. The lowest BCUT2D eigenvalue weighted by Gasteiger charge is -2.26. The normalized spacial score (nSPS) is 21.2. The first-order valence-electron chi connectivity index (χ1n) is 10.6. The minimum atomic E-state index is -0.0391. The molecule has 3 heterocycles. The van der Waals surface area contributed by atoms with E-state index >= 15 is 0 Å². The SMILES string of the molecule is N[C@H]1CC[C@H](n2cc(-c3nc(Nc4ccc(N5CCOCC5=O)cc4)ncc3Cl)cn2)C1. The molecule has 1 aromatic carbocycles. The molecule has 2 atom stereocenters. The number of nitrogens with one attached hydrogen (secondary N) is 1. The summed E-state index contributed by atoms with van der Waals surface area (Å²) in [4.78, 5) is 22.6. The third kappa shape index (κ3) is 4.32. The maximum absolute atomic E-state index is 12.0. The van der Waals surface area contributed by atoms with E-state index in [2.05, 4.69) is 20.4 Å². The standard InChI is InChI=1S/C22H24ClN7O2/c23-19-11-25-22(27-16-2-5-17(6-3-16)29-7-8-32-13-20(29)31)28-21(19)14-10-26-30(12-14)18-4-1-15(24)9-18/h2-3,5-6,10-12,15,18H,1,4,7-9,13,24H2,(H,25,27,28)/t15-,18-/m0/s1. The van der Waals surface area contributed by atoms with Gasteiger partial charge in [-0.2, -0.15) is 5.10 Å². The van der Waals surface area contributed by atoms with Crippen LogP contribution in [0.3, 0.4) is 0 Å². The fourth-order valence-corrected chi connectivity index (χ4v) is 4.37. The lowest BCUT2D eigenvalue weighted by Crippen LogP contribution is -2.41. The van der Waals surface area contributed by atoms with Crippen LogP contribution in [0, 0.1) is 0 Å². The number of carbonyl (C=O) groups excluding carboxylic acids is 1. The van der Waals surface area contributed by atoms with Gasteiger partial charge in [0.05, 0.1) is 35.8 Å². The molecule has 0 bridgehead atoms. The molecule has 2 fully saturated rings. The number of rotatable bonds is 5. The quantitative estimate of drug-likeness (QED) is 0.610. The lowest BCUT2D eigenvalue weighted by atomic mass is 10.2. The van der Waals surface area contributed by atoms with Gasteiger partial charge in [-0.25, -0.2) is 9.97 Å². The molecular formula is C22H24ClN7O2. The summed E-state index contributed by atoms with van der Waals surface area (Å²) in [7, 11) is 0. The second-order valence-electron chi connectivity index (χ2n) is 8.10. The first kappa shape index (κ1) is 20.9. The van der Waals surface area contributed by atoms with Crippen molar-refractivity contribution >= 4 is 34.8 Å². The van der Waals surface area contributed by atoms with Crippen LogP contribution in [-0.2, 0) is 9.53 Å². The number of morpholine rings is 1. The molecular weight excluding hydrogens is 430 g/mol. The van der Waals surface area contributed by atoms with Gasteiger partial charge < -0.3 is 20.7 Å². The summed E-state index contributed by atoms with van der Waals surface area (Å²) < 4.78 is 7.14. The van der Waals surface area contributed by atoms with Gasteiger partial charge in [0.15, 0.2) is 0 Å². The van der Waals surface area contributed by atoms with Crippen LogP contribution >= 0.6 is 11.6 Å². The van der Waals surface area contributed by atoms with Crippen LogP contribution in [0.15, 0.2) is 42.9 Å². The molecule has 1 saturated heterocycles. The van der Waals surface area contributed by atoms with Crippen LogP contribution in [0.4, 0.5) is 17.3 Å². The van der Waals surface area contributed by atoms with E-state index in [-0.39, 0.29) is 18.6 Å². The zero-order chi connectivity index (χ0) is 22.1. The van der Waals surface area contributed by atoms with Gasteiger partial charge in [0.25, 0.3) is 5.91 Å². The molecule has 1 amide bonds. The topological polar surface area (TPSA) is 111 Å². The first-order valence-corrected chi connectivity index (χ1v) is 11.0. The van der Waals surface area contributed by atoms with Crippen molar-refractivity contribution in [3.63, 3.8) is 0 Å². The maximum Gasteiger partial charge on any atom is 0.253 e. The van der Waals surface area contributed by atoms with Gasteiger partial charge in [0.2, 0.25) is 5.95 Å². The van der Waals surface area contributed by atoms with Gasteiger partial charge in [0, 0.05) is 35.7 Å². The van der Waals surface area contributed by atoms with Crippen molar-refractivity contribution in [1.29, 1.82) is 0 Å². The van der Waals surface area contributed by atoms with Crippen molar-refractivity contribution in [2.75, 3.05) is 30.0 Å². The van der Waals surface area contributed by atoms with Crippen molar-refractivity contribution in [1.82, 2.24) is 19.7 Å². The highest BCUT2D eigenvalue weighted by Crippen LogP contribution is 2.32. The number of hydrogen-bond acceptors (Lipinski definition) is 7. The Labute approximate surface area is 190 Å². The Bertz CT molecular complexity index is 1120. The van der Waals surface area contributed by atoms with Crippen molar-refractivity contribution < 1.29 is 9.53 Å². The molecule has 9 nitrogen and oxygen atoms in total. The van der Waals surface area contributed by atoms with E-state index in [0.717, 1.165) is 36.2 Å². The largest absolute Gasteiger partial charge is 0.370 e.